The number of carbonyl (C=O) groups is 3. The highest BCUT2D eigenvalue weighted by molar-refractivity contribution is 6.35. The van der Waals surface area contributed by atoms with Crippen LogP contribution in [0.4, 0.5) is 0 Å². The third kappa shape index (κ3) is 5.54. The van der Waals surface area contributed by atoms with E-state index in [4.69, 9.17) is 0 Å². The van der Waals surface area contributed by atoms with Crippen LogP contribution in [0.1, 0.15) is 21.5 Å². The van der Waals surface area contributed by atoms with Crippen LogP contribution in [-0.4, -0.2) is 36.1 Å². The number of ether oxygens (including phenoxy) is 1. The SMILES string of the molecule is COC(=O)c1ccc(C=NNC(=O)C(=O)NCc2cccnc2)cc1. The number of carbonyl (C=O) groups excluding carboxylic acids is 3. The molecule has 0 aliphatic carbocycles. The van der Waals surface area contributed by atoms with Crippen molar-refractivity contribution >= 4 is 24.0 Å². The summed E-state index contributed by atoms with van der Waals surface area (Å²) in [5.74, 6) is -2.13. The Hall–Kier alpha value is -3.55. The topological polar surface area (TPSA) is 110 Å². The highest BCUT2D eigenvalue weighted by Crippen LogP contribution is 2.03. The quantitative estimate of drug-likeness (QED) is 0.359. The number of esters is 1. The summed E-state index contributed by atoms with van der Waals surface area (Å²) in [4.78, 5) is 38.5. The van der Waals surface area contributed by atoms with Crippen molar-refractivity contribution in [2.24, 2.45) is 5.10 Å². The molecule has 0 bridgehead atoms. The summed E-state index contributed by atoms with van der Waals surface area (Å²) in [6.07, 6.45) is 4.56. The van der Waals surface area contributed by atoms with E-state index in [1.165, 1.54) is 13.3 Å². The van der Waals surface area contributed by atoms with E-state index in [0.717, 1.165) is 5.56 Å². The van der Waals surface area contributed by atoms with Crippen molar-refractivity contribution in [2.75, 3.05) is 7.11 Å². The van der Waals surface area contributed by atoms with E-state index in [-0.39, 0.29) is 6.54 Å². The molecule has 0 saturated carbocycles. The van der Waals surface area contributed by atoms with Crippen LogP contribution in [0.15, 0.2) is 53.9 Å². The van der Waals surface area contributed by atoms with Crippen LogP contribution >= 0.6 is 0 Å². The number of nitrogens with one attached hydrogen (secondary N) is 2. The van der Waals surface area contributed by atoms with Gasteiger partial charge in [0.2, 0.25) is 0 Å². The number of benzene rings is 1. The Morgan fingerprint density at radius 1 is 1.16 bits per heavy atom. The number of pyridine rings is 1. The van der Waals surface area contributed by atoms with Crippen molar-refractivity contribution in [1.29, 1.82) is 0 Å². The maximum absolute atomic E-state index is 11.6. The smallest absolute Gasteiger partial charge is 0.337 e. The fourth-order valence-electron chi connectivity index (χ4n) is 1.80. The lowest BCUT2D eigenvalue weighted by molar-refractivity contribution is -0.139. The molecule has 2 aromatic rings. The van der Waals surface area contributed by atoms with E-state index in [1.54, 1.807) is 48.8 Å². The molecular formula is C17H16N4O4. The lowest BCUT2D eigenvalue weighted by Gasteiger charge is -2.03. The van der Waals surface area contributed by atoms with Crippen molar-refractivity contribution in [3.63, 3.8) is 0 Å². The van der Waals surface area contributed by atoms with Crippen LogP contribution in [0.5, 0.6) is 0 Å². The largest absolute Gasteiger partial charge is 0.465 e. The first-order valence-corrected chi connectivity index (χ1v) is 7.28. The summed E-state index contributed by atoms with van der Waals surface area (Å²) in [5, 5.41) is 6.16. The molecule has 2 rings (SSSR count). The van der Waals surface area contributed by atoms with Gasteiger partial charge in [-0.1, -0.05) is 18.2 Å². The number of methoxy groups -OCH3 is 1. The molecule has 2 N–H and O–H groups in total. The van der Waals surface area contributed by atoms with Gasteiger partial charge < -0.3 is 10.1 Å². The van der Waals surface area contributed by atoms with Gasteiger partial charge in [-0.15, -0.1) is 0 Å². The van der Waals surface area contributed by atoms with Gasteiger partial charge in [0, 0.05) is 18.9 Å². The molecule has 128 valence electrons. The molecule has 0 unspecified atom stereocenters. The molecular weight excluding hydrogens is 324 g/mol. The van der Waals surface area contributed by atoms with E-state index in [2.05, 4.69) is 25.6 Å². The minimum Gasteiger partial charge on any atom is -0.465 e. The molecule has 1 aromatic carbocycles. The molecule has 25 heavy (non-hydrogen) atoms. The summed E-state index contributed by atoms with van der Waals surface area (Å²) in [7, 11) is 1.30. The number of hydrazone groups is 1. The van der Waals surface area contributed by atoms with Crippen molar-refractivity contribution in [3.05, 3.63) is 65.5 Å². The van der Waals surface area contributed by atoms with Crippen molar-refractivity contribution in [1.82, 2.24) is 15.7 Å². The molecule has 2 amide bonds. The first-order chi connectivity index (χ1) is 12.1. The van der Waals surface area contributed by atoms with E-state index in [0.29, 0.717) is 11.1 Å². The van der Waals surface area contributed by atoms with Gasteiger partial charge in [0.25, 0.3) is 0 Å². The Labute approximate surface area is 143 Å². The van der Waals surface area contributed by atoms with Gasteiger partial charge in [0.05, 0.1) is 18.9 Å². The minimum atomic E-state index is -0.883. The second kappa shape index (κ2) is 8.92. The first-order valence-electron chi connectivity index (χ1n) is 7.28. The molecule has 8 nitrogen and oxygen atoms in total. The molecule has 0 radical (unpaired) electrons. The number of nitrogens with zero attached hydrogens (tertiary/aromatic N) is 2. The second-order valence-electron chi connectivity index (χ2n) is 4.86. The van der Waals surface area contributed by atoms with E-state index in [1.807, 2.05) is 0 Å². The highest BCUT2D eigenvalue weighted by Gasteiger charge is 2.11. The number of amides is 2. The molecule has 8 heteroatoms. The minimum absolute atomic E-state index is 0.193. The second-order valence-corrected chi connectivity index (χ2v) is 4.86. The Kier molecular flexibility index (Phi) is 6.35. The Bertz CT molecular complexity index is 773. The lowest BCUT2D eigenvalue weighted by Crippen LogP contribution is -2.37. The molecule has 0 fully saturated rings. The summed E-state index contributed by atoms with van der Waals surface area (Å²) in [6, 6.07) is 9.90. The predicted molar refractivity (Wildman–Crippen MR) is 89.6 cm³/mol. The standard InChI is InChI=1S/C17H16N4O4/c1-25-17(24)14-6-4-12(5-7-14)11-20-21-16(23)15(22)19-10-13-3-2-8-18-9-13/h2-9,11H,10H2,1H3,(H,19,22)(H,21,23). The number of rotatable bonds is 5. The van der Waals surface area contributed by atoms with E-state index < -0.39 is 17.8 Å². The molecule has 1 aromatic heterocycles. The fraction of sp³-hybridized carbons (Fsp3) is 0.118. The van der Waals surface area contributed by atoms with Gasteiger partial charge in [-0.05, 0) is 29.3 Å². The number of aromatic nitrogens is 1. The maximum atomic E-state index is 11.6. The van der Waals surface area contributed by atoms with Crippen LogP contribution in [0.3, 0.4) is 0 Å². The molecule has 1 heterocycles. The van der Waals surface area contributed by atoms with Gasteiger partial charge in [0.1, 0.15) is 0 Å². The molecule has 0 atom stereocenters. The summed E-state index contributed by atoms with van der Waals surface area (Å²) in [5.41, 5.74) is 3.95. The third-order valence-corrected chi connectivity index (χ3v) is 3.09. The van der Waals surface area contributed by atoms with Gasteiger partial charge >= 0.3 is 17.8 Å². The Morgan fingerprint density at radius 2 is 1.92 bits per heavy atom. The normalized spacial score (nSPS) is 10.3. The molecule has 0 aliphatic rings. The van der Waals surface area contributed by atoms with Crippen LogP contribution in [0.25, 0.3) is 0 Å². The zero-order valence-corrected chi connectivity index (χ0v) is 13.4. The van der Waals surface area contributed by atoms with Gasteiger partial charge in [-0.25, -0.2) is 10.2 Å². The van der Waals surface area contributed by atoms with Crippen molar-refractivity contribution < 1.29 is 19.1 Å². The maximum Gasteiger partial charge on any atom is 0.337 e. The monoisotopic (exact) mass is 340 g/mol. The number of hydrogen-bond acceptors (Lipinski definition) is 6. The predicted octanol–water partition coefficient (Wildman–Crippen LogP) is 0.635. The fourth-order valence-corrected chi connectivity index (χ4v) is 1.80. The lowest BCUT2D eigenvalue weighted by atomic mass is 10.1. The molecule has 0 saturated heterocycles. The van der Waals surface area contributed by atoms with Gasteiger partial charge in [0.15, 0.2) is 0 Å². The first kappa shape index (κ1) is 17.8. The zero-order chi connectivity index (χ0) is 18.1. The average molecular weight is 340 g/mol. The van der Waals surface area contributed by atoms with Crippen molar-refractivity contribution in [2.45, 2.75) is 6.54 Å². The highest BCUT2D eigenvalue weighted by atomic mass is 16.5. The summed E-state index contributed by atoms with van der Waals surface area (Å²) < 4.78 is 4.59. The van der Waals surface area contributed by atoms with Crippen LogP contribution in [0, 0.1) is 0 Å². The van der Waals surface area contributed by atoms with Crippen LogP contribution in [-0.2, 0) is 20.9 Å². The number of hydrogen-bond donors (Lipinski definition) is 2. The van der Waals surface area contributed by atoms with Gasteiger partial charge in [-0.3, -0.25) is 14.6 Å². The molecule has 0 spiro atoms. The summed E-state index contributed by atoms with van der Waals surface area (Å²) >= 11 is 0. The van der Waals surface area contributed by atoms with Crippen LogP contribution in [0.2, 0.25) is 0 Å². The zero-order valence-electron chi connectivity index (χ0n) is 13.4. The van der Waals surface area contributed by atoms with E-state index >= 15 is 0 Å². The van der Waals surface area contributed by atoms with Crippen molar-refractivity contribution in [3.8, 4) is 0 Å². The van der Waals surface area contributed by atoms with Gasteiger partial charge in [-0.2, -0.15) is 5.10 Å². The van der Waals surface area contributed by atoms with E-state index in [9.17, 15) is 14.4 Å². The average Bonchev–Trinajstić information content (AvgIpc) is 2.66. The molecule has 0 aliphatic heterocycles. The third-order valence-electron chi connectivity index (χ3n) is 3.09. The van der Waals surface area contributed by atoms with Crippen LogP contribution < -0.4 is 10.7 Å². The Morgan fingerprint density at radius 3 is 2.56 bits per heavy atom. The Balaban J connectivity index is 1.81. The summed E-state index contributed by atoms with van der Waals surface area (Å²) in [6.45, 7) is 0.193.